The van der Waals surface area contributed by atoms with Crippen molar-refractivity contribution < 1.29 is 28.5 Å². The summed E-state index contributed by atoms with van der Waals surface area (Å²) in [7, 11) is 1.54. The predicted octanol–water partition coefficient (Wildman–Crippen LogP) is 3.70. The van der Waals surface area contributed by atoms with Crippen LogP contribution in [0.25, 0.3) is 0 Å². The van der Waals surface area contributed by atoms with Gasteiger partial charge in [-0.2, -0.15) is 0 Å². The van der Waals surface area contributed by atoms with Crippen molar-refractivity contribution in [2.75, 3.05) is 13.7 Å². The second-order valence-electron chi connectivity index (χ2n) is 7.05. The summed E-state index contributed by atoms with van der Waals surface area (Å²) in [5.74, 6) is -0.402. The molecule has 3 rings (SSSR count). The van der Waals surface area contributed by atoms with E-state index >= 15 is 0 Å². The number of hydrogen-bond acceptors (Lipinski definition) is 6. The molecule has 1 aliphatic heterocycles. The van der Waals surface area contributed by atoms with Crippen LogP contribution in [0.15, 0.2) is 60.7 Å². The third-order valence-electron chi connectivity index (χ3n) is 4.82. The number of halogens is 1. The standard InChI is InChI=1S/C23H27ClO6/c1-16(25)27-15-19-20(24)21(28-13-17-9-5-3-6-10-17)22(23(26-2)30-19)29-14-18-11-7-4-8-12-18/h3-12,19-23H,13-15H2,1-2H3/t19-,20+,21+,22-,23+/m1/s1. The van der Waals surface area contributed by atoms with E-state index < -0.39 is 35.9 Å². The minimum Gasteiger partial charge on any atom is -0.463 e. The number of methoxy groups -OCH3 is 1. The highest BCUT2D eigenvalue weighted by Crippen LogP contribution is 2.31. The Balaban J connectivity index is 1.75. The number of alkyl halides is 1. The highest BCUT2D eigenvalue weighted by Gasteiger charge is 2.47. The molecule has 6 nitrogen and oxygen atoms in total. The molecule has 1 saturated heterocycles. The van der Waals surface area contributed by atoms with Gasteiger partial charge < -0.3 is 23.7 Å². The Hall–Kier alpha value is -1.96. The van der Waals surface area contributed by atoms with Gasteiger partial charge in [-0.15, -0.1) is 11.6 Å². The Morgan fingerprint density at radius 2 is 1.47 bits per heavy atom. The molecule has 0 radical (unpaired) electrons. The van der Waals surface area contributed by atoms with Crippen LogP contribution in [0.5, 0.6) is 0 Å². The second-order valence-corrected chi connectivity index (χ2v) is 7.55. The molecule has 0 bridgehead atoms. The summed E-state index contributed by atoms with van der Waals surface area (Å²) in [6.45, 7) is 2.07. The summed E-state index contributed by atoms with van der Waals surface area (Å²) in [4.78, 5) is 11.3. The highest BCUT2D eigenvalue weighted by atomic mass is 35.5. The molecule has 0 saturated carbocycles. The van der Waals surface area contributed by atoms with Gasteiger partial charge in [0.05, 0.1) is 18.6 Å². The SMILES string of the molecule is CO[C@H]1O[C@H](COC(C)=O)[C@H](Cl)[C@H](OCc2ccccc2)[C@H]1OCc1ccccc1. The number of carbonyl (C=O) groups excluding carboxylic acids is 1. The smallest absolute Gasteiger partial charge is 0.302 e. The minimum absolute atomic E-state index is 0.0139. The summed E-state index contributed by atoms with van der Waals surface area (Å²) < 4.78 is 28.9. The summed E-state index contributed by atoms with van der Waals surface area (Å²) in [6, 6.07) is 19.6. The van der Waals surface area contributed by atoms with Crippen molar-refractivity contribution in [3.05, 3.63) is 71.8 Å². The number of rotatable bonds is 9. The zero-order chi connectivity index (χ0) is 21.3. The van der Waals surface area contributed by atoms with Gasteiger partial charge in [-0.25, -0.2) is 0 Å². The first-order valence-corrected chi connectivity index (χ1v) is 10.3. The van der Waals surface area contributed by atoms with Crippen LogP contribution in [-0.2, 0) is 41.7 Å². The molecule has 162 valence electrons. The first-order chi connectivity index (χ1) is 14.6. The van der Waals surface area contributed by atoms with E-state index in [1.807, 2.05) is 60.7 Å². The van der Waals surface area contributed by atoms with Gasteiger partial charge in [0.25, 0.3) is 0 Å². The number of esters is 1. The van der Waals surface area contributed by atoms with Crippen molar-refractivity contribution in [2.24, 2.45) is 0 Å². The van der Waals surface area contributed by atoms with Gasteiger partial charge >= 0.3 is 5.97 Å². The van der Waals surface area contributed by atoms with Crippen LogP contribution >= 0.6 is 11.6 Å². The fraction of sp³-hybridized carbons (Fsp3) is 0.435. The van der Waals surface area contributed by atoms with Gasteiger partial charge in [-0.05, 0) is 11.1 Å². The van der Waals surface area contributed by atoms with E-state index in [1.165, 1.54) is 14.0 Å². The fourth-order valence-corrected chi connectivity index (χ4v) is 3.63. The van der Waals surface area contributed by atoms with Gasteiger partial charge in [0.2, 0.25) is 0 Å². The fourth-order valence-electron chi connectivity index (χ4n) is 3.29. The summed E-state index contributed by atoms with van der Waals surface area (Å²) >= 11 is 6.72. The van der Waals surface area contributed by atoms with Crippen LogP contribution < -0.4 is 0 Å². The summed E-state index contributed by atoms with van der Waals surface area (Å²) in [6.07, 6.45) is -2.40. The monoisotopic (exact) mass is 434 g/mol. The van der Waals surface area contributed by atoms with Crippen molar-refractivity contribution in [2.45, 2.75) is 50.1 Å². The van der Waals surface area contributed by atoms with E-state index in [0.717, 1.165) is 11.1 Å². The largest absolute Gasteiger partial charge is 0.463 e. The van der Waals surface area contributed by atoms with Crippen LogP contribution in [0.1, 0.15) is 18.1 Å². The van der Waals surface area contributed by atoms with Gasteiger partial charge in [0, 0.05) is 14.0 Å². The maximum Gasteiger partial charge on any atom is 0.302 e. The minimum atomic E-state index is -0.718. The van der Waals surface area contributed by atoms with E-state index in [2.05, 4.69) is 0 Å². The molecule has 0 aliphatic carbocycles. The summed E-state index contributed by atoms with van der Waals surface area (Å²) in [5.41, 5.74) is 2.03. The highest BCUT2D eigenvalue weighted by molar-refractivity contribution is 6.21. The lowest BCUT2D eigenvalue weighted by molar-refractivity contribution is -0.282. The molecule has 2 aromatic carbocycles. The Morgan fingerprint density at radius 1 is 0.933 bits per heavy atom. The normalized spacial score (nSPS) is 26.3. The number of ether oxygens (including phenoxy) is 5. The Labute approximate surface area is 182 Å². The molecule has 1 fully saturated rings. The zero-order valence-corrected chi connectivity index (χ0v) is 17.9. The molecule has 7 heteroatoms. The molecule has 0 N–H and O–H groups in total. The van der Waals surface area contributed by atoms with Crippen LogP contribution in [0.2, 0.25) is 0 Å². The van der Waals surface area contributed by atoms with Crippen LogP contribution in [0, 0.1) is 0 Å². The maximum absolute atomic E-state index is 11.3. The lowest BCUT2D eigenvalue weighted by Crippen LogP contribution is -2.59. The van der Waals surface area contributed by atoms with Crippen LogP contribution in [0.3, 0.4) is 0 Å². The van der Waals surface area contributed by atoms with E-state index in [4.69, 9.17) is 35.3 Å². The van der Waals surface area contributed by atoms with Crippen molar-refractivity contribution in [3.63, 3.8) is 0 Å². The van der Waals surface area contributed by atoms with Crippen molar-refractivity contribution in [1.82, 2.24) is 0 Å². The molecule has 0 spiro atoms. The molecule has 1 aliphatic rings. The zero-order valence-electron chi connectivity index (χ0n) is 17.1. The average Bonchev–Trinajstić information content (AvgIpc) is 2.77. The van der Waals surface area contributed by atoms with Gasteiger partial charge in [0.15, 0.2) is 6.29 Å². The quantitative estimate of drug-likeness (QED) is 0.443. The topological polar surface area (TPSA) is 63.2 Å². The van der Waals surface area contributed by atoms with Crippen LogP contribution in [-0.4, -0.2) is 49.7 Å². The van der Waals surface area contributed by atoms with Crippen molar-refractivity contribution >= 4 is 17.6 Å². The lowest BCUT2D eigenvalue weighted by Gasteiger charge is -2.43. The van der Waals surface area contributed by atoms with E-state index in [1.54, 1.807) is 0 Å². The number of benzene rings is 2. The van der Waals surface area contributed by atoms with Crippen molar-refractivity contribution in [1.29, 1.82) is 0 Å². The molecule has 5 atom stereocenters. The molecular formula is C23H27ClO6. The molecule has 2 aromatic rings. The first kappa shape index (κ1) is 22.7. The van der Waals surface area contributed by atoms with Gasteiger partial charge in [0.1, 0.15) is 24.9 Å². The predicted molar refractivity (Wildman–Crippen MR) is 112 cm³/mol. The summed E-state index contributed by atoms with van der Waals surface area (Å²) in [5, 5.41) is -0.597. The average molecular weight is 435 g/mol. The van der Waals surface area contributed by atoms with E-state index in [0.29, 0.717) is 13.2 Å². The molecular weight excluding hydrogens is 408 g/mol. The molecule has 0 aromatic heterocycles. The molecule has 0 amide bonds. The first-order valence-electron chi connectivity index (χ1n) is 9.85. The third kappa shape index (κ3) is 6.27. The van der Waals surface area contributed by atoms with Crippen molar-refractivity contribution in [3.8, 4) is 0 Å². The van der Waals surface area contributed by atoms with E-state index in [-0.39, 0.29) is 6.61 Å². The van der Waals surface area contributed by atoms with Gasteiger partial charge in [-0.3, -0.25) is 4.79 Å². The molecule has 0 unspecified atom stereocenters. The Morgan fingerprint density at radius 3 is 1.97 bits per heavy atom. The Kier molecular flexibility index (Phi) is 8.66. The second kappa shape index (κ2) is 11.4. The van der Waals surface area contributed by atoms with Gasteiger partial charge in [-0.1, -0.05) is 60.7 Å². The number of carbonyl (C=O) groups is 1. The molecule has 30 heavy (non-hydrogen) atoms. The maximum atomic E-state index is 11.3. The molecule has 1 heterocycles. The third-order valence-corrected chi connectivity index (χ3v) is 5.35. The van der Waals surface area contributed by atoms with Crippen LogP contribution in [0.4, 0.5) is 0 Å². The Bertz CT molecular complexity index is 772. The lowest BCUT2D eigenvalue weighted by atomic mass is 10.0. The van der Waals surface area contributed by atoms with E-state index in [9.17, 15) is 4.79 Å². The number of hydrogen-bond donors (Lipinski definition) is 0.